The van der Waals surface area contributed by atoms with Crippen LogP contribution in [-0.2, 0) is 0 Å². The van der Waals surface area contributed by atoms with Crippen LogP contribution in [0.15, 0.2) is 0 Å². The molecule has 2 atom stereocenters. The number of hydrogen-bond acceptors (Lipinski definition) is 2. The first-order chi connectivity index (χ1) is 7.90. The Morgan fingerprint density at radius 3 is 2.56 bits per heavy atom. The van der Waals surface area contributed by atoms with Gasteiger partial charge in [-0.1, -0.05) is 26.2 Å². The summed E-state index contributed by atoms with van der Waals surface area (Å²) in [6, 6.07) is 1.62. The van der Waals surface area contributed by atoms with Gasteiger partial charge in [0.05, 0.1) is 0 Å². The second kappa shape index (κ2) is 6.90. The molecule has 0 aromatic carbocycles. The third-order valence-corrected chi connectivity index (χ3v) is 5.48. The van der Waals surface area contributed by atoms with E-state index in [1.165, 1.54) is 62.9 Å². The van der Waals surface area contributed by atoms with Crippen molar-refractivity contribution in [2.75, 3.05) is 11.5 Å². The Hall–Kier alpha value is 0.310. The van der Waals surface area contributed by atoms with Crippen LogP contribution in [0.5, 0.6) is 0 Å². The summed E-state index contributed by atoms with van der Waals surface area (Å²) >= 11 is 2.14. The Balaban J connectivity index is 1.78. The second-order valence-corrected chi connectivity index (χ2v) is 6.64. The molecule has 0 radical (unpaired) electrons. The van der Waals surface area contributed by atoms with E-state index in [0.29, 0.717) is 0 Å². The molecule has 0 bridgehead atoms. The lowest BCUT2D eigenvalue weighted by Crippen LogP contribution is -2.45. The second-order valence-electron chi connectivity index (χ2n) is 5.49. The van der Waals surface area contributed by atoms with E-state index in [1.54, 1.807) is 0 Å². The largest absolute Gasteiger partial charge is 0.310 e. The molecule has 2 rings (SSSR count). The third kappa shape index (κ3) is 3.66. The van der Waals surface area contributed by atoms with Crippen LogP contribution >= 0.6 is 11.8 Å². The summed E-state index contributed by atoms with van der Waals surface area (Å²) < 4.78 is 0. The summed E-state index contributed by atoms with van der Waals surface area (Å²) in [5.74, 6) is 3.72. The van der Waals surface area contributed by atoms with Crippen LogP contribution in [0.2, 0.25) is 0 Å². The number of thioether (sulfide) groups is 1. The summed E-state index contributed by atoms with van der Waals surface area (Å²) in [4.78, 5) is 0. The van der Waals surface area contributed by atoms with Crippen molar-refractivity contribution in [3.05, 3.63) is 0 Å². The predicted octanol–water partition coefficient (Wildman–Crippen LogP) is 3.83. The van der Waals surface area contributed by atoms with Crippen LogP contribution in [0.4, 0.5) is 0 Å². The van der Waals surface area contributed by atoms with Crippen molar-refractivity contribution in [2.24, 2.45) is 5.92 Å². The lowest BCUT2D eigenvalue weighted by molar-refractivity contribution is 0.245. The molecule has 94 valence electrons. The van der Waals surface area contributed by atoms with E-state index in [9.17, 15) is 0 Å². The van der Waals surface area contributed by atoms with Crippen LogP contribution in [0.3, 0.4) is 0 Å². The molecule has 0 aromatic rings. The zero-order valence-electron chi connectivity index (χ0n) is 10.7. The molecule has 0 amide bonds. The monoisotopic (exact) mass is 241 g/mol. The predicted molar refractivity (Wildman–Crippen MR) is 74.1 cm³/mol. The fourth-order valence-corrected chi connectivity index (χ4v) is 4.38. The van der Waals surface area contributed by atoms with Gasteiger partial charge in [-0.3, -0.25) is 0 Å². The van der Waals surface area contributed by atoms with Gasteiger partial charge in [-0.25, -0.2) is 0 Å². The quantitative estimate of drug-likeness (QED) is 0.803. The average molecular weight is 241 g/mol. The summed E-state index contributed by atoms with van der Waals surface area (Å²) in [5, 5.41) is 3.95. The zero-order chi connectivity index (χ0) is 11.2. The van der Waals surface area contributed by atoms with Gasteiger partial charge in [0.25, 0.3) is 0 Å². The highest BCUT2D eigenvalue weighted by molar-refractivity contribution is 7.99. The highest BCUT2D eigenvalue weighted by atomic mass is 32.2. The lowest BCUT2D eigenvalue weighted by atomic mass is 9.82. The van der Waals surface area contributed by atoms with Crippen molar-refractivity contribution in [1.29, 1.82) is 0 Å². The minimum absolute atomic E-state index is 0.809. The fraction of sp³-hybridized carbons (Fsp3) is 1.00. The molecular weight excluding hydrogens is 214 g/mol. The topological polar surface area (TPSA) is 12.0 Å². The molecule has 2 heteroatoms. The van der Waals surface area contributed by atoms with Gasteiger partial charge in [0, 0.05) is 17.8 Å². The van der Waals surface area contributed by atoms with Crippen LogP contribution in [0, 0.1) is 5.92 Å². The van der Waals surface area contributed by atoms with E-state index in [0.717, 1.165) is 18.0 Å². The molecule has 1 aliphatic carbocycles. The molecule has 1 saturated carbocycles. The third-order valence-electron chi connectivity index (χ3n) is 4.27. The van der Waals surface area contributed by atoms with Crippen LogP contribution in [0.25, 0.3) is 0 Å². The first kappa shape index (κ1) is 12.8. The van der Waals surface area contributed by atoms with E-state index >= 15 is 0 Å². The van der Waals surface area contributed by atoms with Crippen molar-refractivity contribution in [3.8, 4) is 0 Å². The summed E-state index contributed by atoms with van der Waals surface area (Å²) in [6.07, 6.45) is 11.5. The van der Waals surface area contributed by atoms with Gasteiger partial charge in [0.1, 0.15) is 0 Å². The number of rotatable bonds is 4. The Morgan fingerprint density at radius 2 is 1.94 bits per heavy atom. The first-order valence-electron chi connectivity index (χ1n) is 7.24. The van der Waals surface area contributed by atoms with Crippen molar-refractivity contribution in [2.45, 2.75) is 70.4 Å². The average Bonchev–Trinajstić information content (AvgIpc) is 2.38. The van der Waals surface area contributed by atoms with E-state index in [4.69, 9.17) is 0 Å². The molecule has 1 N–H and O–H groups in total. The molecule has 2 aliphatic rings. The van der Waals surface area contributed by atoms with Crippen LogP contribution in [-0.4, -0.2) is 23.6 Å². The molecule has 2 unspecified atom stereocenters. The maximum Gasteiger partial charge on any atom is 0.0161 e. The first-order valence-corrected chi connectivity index (χ1v) is 8.39. The van der Waals surface area contributed by atoms with Gasteiger partial charge in [-0.2, -0.15) is 11.8 Å². The lowest BCUT2D eigenvalue weighted by Gasteiger charge is -2.34. The minimum atomic E-state index is 0.809. The van der Waals surface area contributed by atoms with Crippen molar-refractivity contribution >= 4 is 11.8 Å². The maximum atomic E-state index is 3.95. The van der Waals surface area contributed by atoms with Gasteiger partial charge in [0.2, 0.25) is 0 Å². The van der Waals surface area contributed by atoms with Crippen LogP contribution < -0.4 is 5.32 Å². The summed E-state index contributed by atoms with van der Waals surface area (Å²) in [6.45, 7) is 2.36. The number of hydrogen-bond donors (Lipinski definition) is 1. The van der Waals surface area contributed by atoms with Crippen molar-refractivity contribution in [3.63, 3.8) is 0 Å². The molecule has 0 spiro atoms. The minimum Gasteiger partial charge on any atom is -0.310 e. The summed E-state index contributed by atoms with van der Waals surface area (Å²) in [5.41, 5.74) is 0. The van der Waals surface area contributed by atoms with E-state index in [1.807, 2.05) is 0 Å². The Morgan fingerprint density at radius 1 is 1.12 bits per heavy atom. The Kier molecular flexibility index (Phi) is 5.51. The van der Waals surface area contributed by atoms with Gasteiger partial charge >= 0.3 is 0 Å². The highest BCUT2D eigenvalue weighted by Gasteiger charge is 2.25. The molecule has 0 aromatic heterocycles. The zero-order valence-corrected chi connectivity index (χ0v) is 11.5. The normalized spacial score (nSPS) is 30.2. The van der Waals surface area contributed by atoms with E-state index in [2.05, 4.69) is 24.0 Å². The molecule has 1 aliphatic heterocycles. The van der Waals surface area contributed by atoms with Gasteiger partial charge in [-0.05, 0) is 43.8 Å². The molecular formula is C14H27NS. The fourth-order valence-electron chi connectivity index (χ4n) is 3.30. The smallest absolute Gasteiger partial charge is 0.0161 e. The van der Waals surface area contributed by atoms with Gasteiger partial charge in [0.15, 0.2) is 0 Å². The Labute approximate surface area is 105 Å². The molecule has 1 nitrogen and oxygen atoms in total. The Bertz CT molecular complexity index is 183. The number of nitrogens with one attached hydrogen (secondary N) is 1. The van der Waals surface area contributed by atoms with E-state index in [-0.39, 0.29) is 0 Å². The molecule has 1 heterocycles. The summed E-state index contributed by atoms with van der Waals surface area (Å²) in [7, 11) is 0. The van der Waals surface area contributed by atoms with Gasteiger partial charge < -0.3 is 5.32 Å². The molecule has 1 saturated heterocycles. The van der Waals surface area contributed by atoms with Gasteiger partial charge in [-0.15, -0.1) is 0 Å². The SMILES string of the molecule is CCC(NC1CCCSC1)C1CCCCC1. The van der Waals surface area contributed by atoms with E-state index < -0.39 is 0 Å². The maximum absolute atomic E-state index is 3.95. The van der Waals surface area contributed by atoms with Crippen molar-refractivity contribution < 1.29 is 0 Å². The standard InChI is InChI=1S/C14H27NS/c1-2-14(12-7-4-3-5-8-12)15-13-9-6-10-16-11-13/h12-15H,2-11H2,1H3. The highest BCUT2D eigenvalue weighted by Crippen LogP contribution is 2.29. The molecule has 2 fully saturated rings. The molecule has 16 heavy (non-hydrogen) atoms. The van der Waals surface area contributed by atoms with Crippen LogP contribution in [0.1, 0.15) is 58.3 Å². The van der Waals surface area contributed by atoms with Crippen molar-refractivity contribution in [1.82, 2.24) is 5.32 Å².